The van der Waals surface area contributed by atoms with Crippen molar-refractivity contribution in [2.45, 2.75) is 11.8 Å². The second-order valence-corrected chi connectivity index (χ2v) is 5.70. The van der Waals surface area contributed by atoms with Crippen molar-refractivity contribution in [1.29, 1.82) is 0 Å². The summed E-state index contributed by atoms with van der Waals surface area (Å²) in [4.78, 5) is 11.0. The lowest BCUT2D eigenvalue weighted by molar-refractivity contribution is -0.105. The van der Waals surface area contributed by atoms with Crippen LogP contribution in [0.4, 0.5) is 0 Å². The Hall–Kier alpha value is -1.16. The highest BCUT2D eigenvalue weighted by atomic mass is 32.2. The molecule has 5 radical (unpaired) electrons. The maximum atomic E-state index is 12.2. The van der Waals surface area contributed by atoms with Gasteiger partial charge in [-0.2, -0.15) is 0 Å². The van der Waals surface area contributed by atoms with Crippen molar-refractivity contribution in [2.24, 2.45) is 0 Å². The molecule has 2 rings (SSSR count). The Balaban J connectivity index is 2.36. The summed E-state index contributed by atoms with van der Waals surface area (Å²) >= 11 is 0. The Kier molecular flexibility index (Phi) is 3.33. The average Bonchev–Trinajstić information content (AvgIpc) is 2.78. The van der Waals surface area contributed by atoms with E-state index in [1.165, 1.54) is 12.8 Å². The van der Waals surface area contributed by atoms with E-state index in [1.807, 2.05) is 6.92 Å². The van der Waals surface area contributed by atoms with Crippen LogP contribution in [0.15, 0.2) is 29.2 Å². The third kappa shape index (κ3) is 2.27. The number of carbonyl (C=O) groups excluding carboxylic acids is 1. The molecule has 87 valence electrons. The van der Waals surface area contributed by atoms with Gasteiger partial charge < -0.3 is 4.79 Å². The minimum atomic E-state index is -3.59. The van der Waals surface area contributed by atoms with E-state index >= 15 is 0 Å². The van der Waals surface area contributed by atoms with Crippen molar-refractivity contribution in [2.75, 3.05) is 0 Å². The Bertz CT molecular complexity index is 502. The topological polar surface area (TPSA) is 51.2 Å². The Morgan fingerprint density at radius 1 is 1.06 bits per heavy atom. The number of aryl methyl sites for hydroxylation is 1. The number of benzene rings is 1. The van der Waals surface area contributed by atoms with E-state index in [2.05, 4.69) is 0 Å². The van der Waals surface area contributed by atoms with Gasteiger partial charge in [0.05, 0.1) is 10.8 Å². The van der Waals surface area contributed by atoms with Crippen LogP contribution in [0.3, 0.4) is 0 Å². The molecule has 0 N–H and O–H groups in total. The molecule has 4 heteroatoms. The normalized spacial score (nSPS) is 18.4. The lowest BCUT2D eigenvalue weighted by Crippen LogP contribution is -2.17. The van der Waals surface area contributed by atoms with E-state index in [0.717, 1.165) is 5.56 Å². The number of hydrogen-bond acceptors (Lipinski definition) is 3. The summed E-state index contributed by atoms with van der Waals surface area (Å²) in [5.41, 5.74) is 0.988. The zero-order chi connectivity index (χ0) is 12.5. The highest BCUT2D eigenvalue weighted by Crippen LogP contribution is 2.39. The summed E-state index contributed by atoms with van der Waals surface area (Å²) < 4.78 is 24.5. The van der Waals surface area contributed by atoms with E-state index < -0.39 is 9.84 Å². The third-order valence-corrected chi connectivity index (χ3v) is 4.40. The van der Waals surface area contributed by atoms with Gasteiger partial charge >= 0.3 is 0 Å². The fourth-order valence-electron chi connectivity index (χ4n) is 1.60. The summed E-state index contributed by atoms with van der Waals surface area (Å²) in [5, 5.41) is 0.0661. The molecule has 0 aliphatic heterocycles. The van der Waals surface area contributed by atoms with Crippen LogP contribution in [0.5, 0.6) is 0 Å². The standard InChI is InChI=1S/C13H11O3S/c1-10-5-7-12(8-6-10)17(15,16)13-4-2-3-11(13)9-14/h2-9H,1H3. The van der Waals surface area contributed by atoms with Gasteiger partial charge in [0.1, 0.15) is 11.5 Å². The average molecular weight is 247 g/mol. The summed E-state index contributed by atoms with van der Waals surface area (Å²) in [7, 11) is -3.59. The lowest BCUT2D eigenvalue weighted by Gasteiger charge is -2.13. The van der Waals surface area contributed by atoms with Gasteiger partial charge in [0.15, 0.2) is 9.84 Å². The monoisotopic (exact) mass is 247 g/mol. The van der Waals surface area contributed by atoms with Gasteiger partial charge in [-0.1, -0.05) is 17.7 Å². The molecule has 0 spiro atoms. The van der Waals surface area contributed by atoms with E-state index in [0.29, 0.717) is 6.29 Å². The second-order valence-electron chi connectivity index (χ2n) is 3.78. The summed E-state index contributed by atoms with van der Waals surface area (Å²) in [6.45, 7) is 1.88. The molecule has 3 nitrogen and oxygen atoms in total. The maximum Gasteiger partial charge on any atom is 0.187 e. The molecule has 1 aromatic carbocycles. The Morgan fingerprint density at radius 3 is 2.29 bits per heavy atom. The Morgan fingerprint density at radius 2 is 1.71 bits per heavy atom. The first-order valence-corrected chi connectivity index (χ1v) is 6.56. The molecular formula is C13H11O3S. The number of rotatable bonds is 3. The zero-order valence-electron chi connectivity index (χ0n) is 9.25. The van der Waals surface area contributed by atoms with E-state index in [9.17, 15) is 13.2 Å². The van der Waals surface area contributed by atoms with E-state index in [1.54, 1.807) is 30.7 Å². The number of sulfone groups is 1. The van der Waals surface area contributed by atoms with Crippen LogP contribution in [0.1, 0.15) is 5.56 Å². The highest BCUT2D eigenvalue weighted by molar-refractivity contribution is 7.94. The Labute approximate surface area is 102 Å². The minimum Gasteiger partial charge on any atom is -0.303 e. The largest absolute Gasteiger partial charge is 0.303 e. The van der Waals surface area contributed by atoms with E-state index in [4.69, 9.17) is 0 Å². The molecule has 0 atom stereocenters. The number of aldehydes is 1. The molecule has 0 saturated heterocycles. The molecule has 1 aliphatic carbocycles. The van der Waals surface area contributed by atoms with Crippen molar-refractivity contribution in [3.63, 3.8) is 0 Å². The molecule has 17 heavy (non-hydrogen) atoms. The third-order valence-electron chi connectivity index (χ3n) is 2.56. The van der Waals surface area contributed by atoms with Crippen molar-refractivity contribution in [3.05, 3.63) is 60.3 Å². The molecule has 0 aromatic heterocycles. The second kappa shape index (κ2) is 4.61. The molecular weight excluding hydrogens is 236 g/mol. The molecule has 0 heterocycles. The first kappa shape index (κ1) is 12.3. The highest BCUT2D eigenvalue weighted by Gasteiger charge is 2.40. The van der Waals surface area contributed by atoms with E-state index in [-0.39, 0.29) is 16.1 Å². The summed E-state index contributed by atoms with van der Waals surface area (Å²) in [5.74, 6) is 0.200. The predicted octanol–water partition coefficient (Wildman–Crippen LogP) is 1.70. The first-order chi connectivity index (χ1) is 8.05. The molecule has 1 fully saturated rings. The van der Waals surface area contributed by atoms with Crippen LogP contribution < -0.4 is 0 Å². The van der Waals surface area contributed by atoms with Crippen LogP contribution in [0, 0.1) is 37.4 Å². The quantitative estimate of drug-likeness (QED) is 0.764. The van der Waals surface area contributed by atoms with Crippen LogP contribution >= 0.6 is 0 Å². The van der Waals surface area contributed by atoms with Gasteiger partial charge in [-0.25, -0.2) is 8.42 Å². The molecule has 1 aliphatic rings. The van der Waals surface area contributed by atoms with Gasteiger partial charge in [-0.3, -0.25) is 0 Å². The summed E-state index contributed by atoms with van der Waals surface area (Å²) in [6, 6.07) is 6.56. The van der Waals surface area contributed by atoms with Crippen LogP contribution in [0.2, 0.25) is 0 Å². The van der Waals surface area contributed by atoms with Crippen LogP contribution in [0.25, 0.3) is 0 Å². The van der Waals surface area contributed by atoms with Crippen LogP contribution in [-0.4, -0.2) is 14.7 Å². The van der Waals surface area contributed by atoms with Crippen molar-refractivity contribution >= 4 is 16.1 Å². The maximum absolute atomic E-state index is 12.2. The predicted molar refractivity (Wildman–Crippen MR) is 63.8 cm³/mol. The summed E-state index contributed by atoms with van der Waals surface area (Å²) in [6.07, 6.45) is 5.05. The van der Waals surface area contributed by atoms with Gasteiger partial charge in [0.2, 0.25) is 0 Å². The fraction of sp³-hybridized carbons (Fsp3) is 0.0769. The zero-order valence-corrected chi connectivity index (χ0v) is 10.1. The van der Waals surface area contributed by atoms with Gasteiger partial charge in [-0.15, -0.1) is 0 Å². The fourth-order valence-corrected chi connectivity index (χ4v) is 3.04. The van der Waals surface area contributed by atoms with Crippen molar-refractivity contribution in [1.82, 2.24) is 0 Å². The SMILES string of the molecule is Cc1ccc(S(=O)(=O)[C]2[CH][CH][CH][C]2C=O)cc1. The molecule has 0 amide bonds. The lowest BCUT2D eigenvalue weighted by atomic mass is 10.1. The molecule has 0 bridgehead atoms. The number of carbonyl (C=O) groups is 1. The van der Waals surface area contributed by atoms with Crippen molar-refractivity contribution < 1.29 is 13.2 Å². The smallest absolute Gasteiger partial charge is 0.187 e. The molecule has 1 aromatic rings. The van der Waals surface area contributed by atoms with Crippen LogP contribution in [-0.2, 0) is 14.6 Å². The van der Waals surface area contributed by atoms with Gasteiger partial charge in [-0.05, 0) is 38.3 Å². The molecule has 1 saturated carbocycles. The van der Waals surface area contributed by atoms with Crippen molar-refractivity contribution in [3.8, 4) is 0 Å². The molecule has 0 unspecified atom stereocenters. The first-order valence-electron chi connectivity index (χ1n) is 5.08. The van der Waals surface area contributed by atoms with Gasteiger partial charge in [0.25, 0.3) is 0 Å². The van der Waals surface area contributed by atoms with Gasteiger partial charge in [0, 0.05) is 0 Å². The minimum absolute atomic E-state index is 0.0661. The number of hydrogen-bond donors (Lipinski definition) is 0.